The minimum absolute atomic E-state index is 0.0371. The number of rotatable bonds is 10. The number of anilines is 4. The fraction of sp³-hybridized carbons (Fsp3) is 0.261. The number of benzene rings is 1. The number of carbonyl (C=O) groups excluding carboxylic acids is 1. The van der Waals surface area contributed by atoms with Gasteiger partial charge in [-0.3, -0.25) is 14.2 Å². The standard InChI is InChI=1S/C23H27FN10O3/c1-32(2)22-15-9-13(5-6-18(15)33(3)31-22)28-20-16(19(25)35)10-17(24)21(30-20)29-14(11-26-23(36)37)12-34-8-4-7-27-34/h4-10,14,26H,11-12H2,1-3H3,(H2,25,35)(H,36,37)(H2,28,29,30). The molecule has 4 aromatic rings. The zero-order chi connectivity index (χ0) is 26.7. The molecule has 6 N–H and O–H groups in total. The number of fused-ring (bicyclic) bond motifs is 1. The predicted octanol–water partition coefficient (Wildman–Crippen LogP) is 1.96. The molecule has 14 heteroatoms. The van der Waals surface area contributed by atoms with E-state index in [9.17, 15) is 14.0 Å². The average molecular weight is 511 g/mol. The van der Waals surface area contributed by atoms with Crippen molar-refractivity contribution in [3.63, 3.8) is 0 Å². The maximum absolute atomic E-state index is 15.0. The summed E-state index contributed by atoms with van der Waals surface area (Å²) in [5.41, 5.74) is 6.84. The molecule has 0 radical (unpaired) electrons. The van der Waals surface area contributed by atoms with Crippen LogP contribution in [0.4, 0.5) is 32.3 Å². The van der Waals surface area contributed by atoms with E-state index < -0.39 is 23.9 Å². The van der Waals surface area contributed by atoms with Crippen LogP contribution in [0.2, 0.25) is 0 Å². The van der Waals surface area contributed by atoms with Crippen LogP contribution in [0.15, 0.2) is 42.7 Å². The van der Waals surface area contributed by atoms with Crippen LogP contribution in [0.25, 0.3) is 10.9 Å². The third-order valence-electron chi connectivity index (χ3n) is 5.57. The molecular weight excluding hydrogens is 483 g/mol. The topological polar surface area (TPSA) is 168 Å². The largest absolute Gasteiger partial charge is 0.465 e. The molecule has 0 saturated carbocycles. The maximum Gasteiger partial charge on any atom is 0.404 e. The van der Waals surface area contributed by atoms with E-state index in [4.69, 9.17) is 10.8 Å². The zero-order valence-corrected chi connectivity index (χ0v) is 20.4. The van der Waals surface area contributed by atoms with Crippen molar-refractivity contribution in [2.75, 3.05) is 36.2 Å². The number of nitrogens with one attached hydrogen (secondary N) is 3. The van der Waals surface area contributed by atoms with Gasteiger partial charge in [-0.1, -0.05) is 0 Å². The summed E-state index contributed by atoms with van der Waals surface area (Å²) in [5.74, 6) is -1.09. The molecule has 0 saturated heterocycles. The summed E-state index contributed by atoms with van der Waals surface area (Å²) >= 11 is 0. The van der Waals surface area contributed by atoms with E-state index in [-0.39, 0.29) is 30.3 Å². The Balaban J connectivity index is 1.67. The smallest absolute Gasteiger partial charge is 0.404 e. The van der Waals surface area contributed by atoms with E-state index in [2.05, 4.69) is 31.1 Å². The van der Waals surface area contributed by atoms with Gasteiger partial charge in [0.2, 0.25) is 0 Å². The van der Waals surface area contributed by atoms with E-state index in [1.54, 1.807) is 33.9 Å². The van der Waals surface area contributed by atoms with Gasteiger partial charge < -0.3 is 31.7 Å². The number of pyridine rings is 1. The Bertz CT molecular complexity index is 1430. The van der Waals surface area contributed by atoms with Crippen molar-refractivity contribution in [2.45, 2.75) is 12.6 Å². The summed E-state index contributed by atoms with van der Waals surface area (Å²) in [6.45, 7) is 0.168. The molecule has 0 spiro atoms. The van der Waals surface area contributed by atoms with Crippen LogP contribution in [-0.2, 0) is 13.6 Å². The second kappa shape index (κ2) is 10.4. The number of hydrogen-bond donors (Lipinski definition) is 5. The van der Waals surface area contributed by atoms with Crippen molar-refractivity contribution in [2.24, 2.45) is 12.8 Å². The predicted molar refractivity (Wildman–Crippen MR) is 137 cm³/mol. The Kier molecular flexibility index (Phi) is 7.08. The minimum Gasteiger partial charge on any atom is -0.465 e. The Labute approximate surface area is 211 Å². The fourth-order valence-electron chi connectivity index (χ4n) is 3.86. The molecule has 0 bridgehead atoms. The molecule has 13 nitrogen and oxygen atoms in total. The zero-order valence-electron chi connectivity index (χ0n) is 20.4. The number of nitrogens with two attached hydrogens (primary N) is 1. The summed E-state index contributed by atoms with van der Waals surface area (Å²) in [7, 11) is 5.60. The van der Waals surface area contributed by atoms with Crippen LogP contribution < -0.4 is 26.6 Å². The molecule has 1 atom stereocenters. The van der Waals surface area contributed by atoms with Crippen LogP contribution in [0.1, 0.15) is 10.4 Å². The van der Waals surface area contributed by atoms with Crippen molar-refractivity contribution in [1.82, 2.24) is 29.9 Å². The summed E-state index contributed by atoms with van der Waals surface area (Å²) < 4.78 is 18.3. The second-order valence-electron chi connectivity index (χ2n) is 8.53. The lowest BCUT2D eigenvalue weighted by Crippen LogP contribution is -2.39. The van der Waals surface area contributed by atoms with Gasteiger partial charge >= 0.3 is 6.09 Å². The summed E-state index contributed by atoms with van der Waals surface area (Å²) in [5, 5.41) is 26.7. The van der Waals surface area contributed by atoms with Crippen LogP contribution >= 0.6 is 0 Å². The number of halogens is 1. The van der Waals surface area contributed by atoms with Crippen molar-refractivity contribution >= 4 is 46.0 Å². The number of carbonyl (C=O) groups is 2. The molecule has 37 heavy (non-hydrogen) atoms. The molecule has 194 valence electrons. The van der Waals surface area contributed by atoms with Crippen molar-refractivity contribution < 1.29 is 19.1 Å². The molecule has 3 aromatic heterocycles. The first-order chi connectivity index (χ1) is 17.6. The Morgan fingerprint density at radius 1 is 1.24 bits per heavy atom. The minimum atomic E-state index is -1.23. The lowest BCUT2D eigenvalue weighted by atomic mass is 10.2. The highest BCUT2D eigenvalue weighted by Crippen LogP contribution is 2.30. The molecular formula is C23H27FN10O3. The summed E-state index contributed by atoms with van der Waals surface area (Å²) in [6.07, 6.45) is 2.04. The van der Waals surface area contributed by atoms with Gasteiger partial charge in [-0.25, -0.2) is 14.2 Å². The van der Waals surface area contributed by atoms with Crippen LogP contribution in [0.3, 0.4) is 0 Å². The van der Waals surface area contributed by atoms with Crippen LogP contribution in [0.5, 0.6) is 0 Å². The molecule has 0 fully saturated rings. The molecule has 3 heterocycles. The first-order valence-corrected chi connectivity index (χ1v) is 11.2. The van der Waals surface area contributed by atoms with E-state index in [0.29, 0.717) is 5.69 Å². The molecule has 0 aliphatic carbocycles. The lowest BCUT2D eigenvalue weighted by molar-refractivity contribution is 0.100. The highest BCUT2D eigenvalue weighted by atomic mass is 19.1. The van der Waals surface area contributed by atoms with Gasteiger partial charge in [-0.2, -0.15) is 10.2 Å². The van der Waals surface area contributed by atoms with E-state index in [0.717, 1.165) is 22.8 Å². The first-order valence-electron chi connectivity index (χ1n) is 11.2. The third-order valence-corrected chi connectivity index (χ3v) is 5.57. The second-order valence-corrected chi connectivity index (χ2v) is 8.53. The normalized spacial score (nSPS) is 11.8. The van der Waals surface area contributed by atoms with Gasteiger partial charge in [-0.15, -0.1) is 0 Å². The van der Waals surface area contributed by atoms with Gasteiger partial charge in [0.25, 0.3) is 5.91 Å². The number of aromatic nitrogens is 5. The van der Waals surface area contributed by atoms with Crippen molar-refractivity contribution in [1.29, 1.82) is 0 Å². The molecule has 0 aliphatic heterocycles. The Morgan fingerprint density at radius 3 is 2.68 bits per heavy atom. The third kappa shape index (κ3) is 5.69. The Hall–Kier alpha value is -4.88. The lowest BCUT2D eigenvalue weighted by Gasteiger charge is -2.21. The molecule has 4 rings (SSSR count). The Morgan fingerprint density at radius 2 is 2.03 bits per heavy atom. The highest BCUT2D eigenvalue weighted by molar-refractivity contribution is 5.99. The van der Waals surface area contributed by atoms with Crippen molar-refractivity contribution in [3.8, 4) is 0 Å². The van der Waals surface area contributed by atoms with Gasteiger partial charge in [0.05, 0.1) is 23.7 Å². The monoisotopic (exact) mass is 510 g/mol. The quantitative estimate of drug-likeness (QED) is 0.214. The van der Waals surface area contributed by atoms with Gasteiger partial charge in [0.15, 0.2) is 17.5 Å². The van der Waals surface area contributed by atoms with E-state index in [1.807, 2.05) is 38.2 Å². The number of hydrogen-bond acceptors (Lipinski definition) is 8. The average Bonchev–Trinajstić information content (AvgIpc) is 3.46. The fourth-order valence-corrected chi connectivity index (χ4v) is 3.86. The van der Waals surface area contributed by atoms with E-state index in [1.165, 1.54) is 0 Å². The van der Waals surface area contributed by atoms with Crippen LogP contribution in [0, 0.1) is 5.82 Å². The van der Waals surface area contributed by atoms with Crippen molar-refractivity contribution in [3.05, 3.63) is 54.1 Å². The van der Waals surface area contributed by atoms with Gasteiger partial charge in [0, 0.05) is 51.2 Å². The summed E-state index contributed by atoms with van der Waals surface area (Å²) in [4.78, 5) is 29.3. The molecule has 1 unspecified atom stereocenters. The maximum atomic E-state index is 15.0. The number of carboxylic acid groups (broad SMARTS) is 1. The molecule has 1 aromatic carbocycles. The summed E-state index contributed by atoms with van der Waals surface area (Å²) in [6, 6.07) is 7.58. The number of nitrogens with zero attached hydrogens (tertiary/aromatic N) is 6. The highest BCUT2D eigenvalue weighted by Gasteiger charge is 2.20. The number of primary amides is 1. The molecule has 2 amide bonds. The number of amides is 2. The van der Waals surface area contributed by atoms with Gasteiger partial charge in [-0.05, 0) is 30.3 Å². The van der Waals surface area contributed by atoms with Crippen LogP contribution in [-0.4, -0.2) is 68.3 Å². The SMILES string of the molecule is CN(C)c1nn(C)c2ccc(Nc3nc(NC(CNC(=O)O)Cn4cccn4)c(F)cc3C(N)=O)cc12. The number of aryl methyl sites for hydroxylation is 1. The first kappa shape index (κ1) is 25.2. The van der Waals surface area contributed by atoms with E-state index >= 15 is 0 Å². The molecule has 0 aliphatic rings. The van der Waals surface area contributed by atoms with Gasteiger partial charge in [0.1, 0.15) is 5.82 Å².